The lowest BCUT2D eigenvalue weighted by atomic mass is 9.65. The van der Waals surface area contributed by atoms with Gasteiger partial charge in [0.2, 0.25) is 0 Å². The maximum absolute atomic E-state index is 11.9. The van der Waals surface area contributed by atoms with Gasteiger partial charge in [-0.15, -0.1) is 0 Å². The van der Waals surface area contributed by atoms with Gasteiger partial charge in [-0.1, -0.05) is 12.8 Å². The van der Waals surface area contributed by atoms with Crippen molar-refractivity contribution in [2.24, 2.45) is 28.1 Å². The minimum absolute atomic E-state index is 0.151. The zero-order chi connectivity index (χ0) is 10.6. The van der Waals surface area contributed by atoms with Gasteiger partial charge in [0.15, 0.2) is 0 Å². The van der Waals surface area contributed by atoms with Crippen LogP contribution < -0.4 is 0 Å². The van der Waals surface area contributed by atoms with Crippen LogP contribution in [0, 0.1) is 28.1 Å². The van der Waals surface area contributed by atoms with Gasteiger partial charge in [-0.3, -0.25) is 4.79 Å². The van der Waals surface area contributed by atoms with Gasteiger partial charge in [0.25, 0.3) is 0 Å². The molecule has 6 aliphatic rings. The molecule has 4 bridgehead atoms. The third kappa shape index (κ3) is 0.520. The Morgan fingerprint density at radius 1 is 1.12 bits per heavy atom. The zero-order valence-electron chi connectivity index (χ0n) is 9.63. The summed E-state index contributed by atoms with van der Waals surface area (Å²) in [7, 11) is 0. The molecule has 0 amide bonds. The maximum Gasteiger partial charge on any atom is 0.309 e. The number of hydrogen-bond donors (Lipinski definition) is 0. The Hall–Kier alpha value is -0.530. The van der Waals surface area contributed by atoms with Crippen LogP contribution in [0.5, 0.6) is 0 Å². The normalized spacial score (nSPS) is 64.9. The first kappa shape index (κ1) is 8.54. The first-order chi connectivity index (χ1) is 7.76. The van der Waals surface area contributed by atoms with Crippen molar-refractivity contribution in [2.75, 3.05) is 6.61 Å². The quantitative estimate of drug-likeness (QED) is 0.584. The molecule has 86 valence electrons. The summed E-state index contributed by atoms with van der Waals surface area (Å²) in [5, 5.41) is 0. The molecule has 1 aliphatic heterocycles. The fourth-order valence-electron chi connectivity index (χ4n) is 7.08. The van der Waals surface area contributed by atoms with E-state index in [1.165, 1.54) is 38.5 Å². The molecular formula is C14H18O2. The van der Waals surface area contributed by atoms with Crippen LogP contribution in [0.4, 0.5) is 0 Å². The second kappa shape index (κ2) is 2.09. The van der Waals surface area contributed by atoms with Gasteiger partial charge >= 0.3 is 5.97 Å². The first-order valence-corrected chi connectivity index (χ1v) is 6.93. The molecule has 3 unspecified atom stereocenters. The lowest BCUT2D eigenvalue weighted by Gasteiger charge is -2.36. The van der Waals surface area contributed by atoms with Crippen molar-refractivity contribution >= 4 is 5.97 Å². The van der Waals surface area contributed by atoms with Crippen molar-refractivity contribution in [3.63, 3.8) is 0 Å². The fourth-order valence-corrected chi connectivity index (χ4v) is 7.08. The van der Waals surface area contributed by atoms with Gasteiger partial charge in [0.1, 0.15) is 0 Å². The second-order valence-electron chi connectivity index (χ2n) is 7.01. The average molecular weight is 218 g/mol. The summed E-state index contributed by atoms with van der Waals surface area (Å²) in [6.07, 6.45) is 9.62. The molecule has 0 aromatic carbocycles. The highest BCUT2D eigenvalue weighted by Crippen LogP contribution is 2.96. The van der Waals surface area contributed by atoms with Crippen LogP contribution >= 0.6 is 0 Å². The summed E-state index contributed by atoms with van der Waals surface area (Å²) in [6.45, 7) is 0.781. The van der Waals surface area contributed by atoms with Gasteiger partial charge in [-0.25, -0.2) is 0 Å². The Balaban J connectivity index is 1.75. The highest BCUT2D eigenvalue weighted by atomic mass is 16.5. The van der Waals surface area contributed by atoms with Crippen LogP contribution in [-0.4, -0.2) is 12.6 Å². The lowest BCUT2D eigenvalue weighted by Crippen LogP contribution is -2.36. The minimum atomic E-state index is 0.151. The van der Waals surface area contributed by atoms with Crippen LogP contribution in [0.15, 0.2) is 0 Å². The van der Waals surface area contributed by atoms with Crippen molar-refractivity contribution in [2.45, 2.75) is 44.9 Å². The predicted molar refractivity (Wildman–Crippen MR) is 57.6 cm³/mol. The molecule has 0 radical (unpaired) electrons. The van der Waals surface area contributed by atoms with Crippen LogP contribution in [-0.2, 0) is 9.53 Å². The Bertz CT molecular complexity index is 393. The van der Waals surface area contributed by atoms with E-state index >= 15 is 0 Å². The van der Waals surface area contributed by atoms with Crippen molar-refractivity contribution < 1.29 is 9.53 Å². The molecule has 0 N–H and O–H groups in total. The number of esters is 1. The fraction of sp³-hybridized carbons (Fsp3) is 0.929. The largest absolute Gasteiger partial charge is 0.465 e. The van der Waals surface area contributed by atoms with E-state index in [-0.39, 0.29) is 5.97 Å². The second-order valence-corrected chi connectivity index (χ2v) is 7.01. The molecule has 5 atom stereocenters. The summed E-state index contributed by atoms with van der Waals surface area (Å²) >= 11 is 0. The molecule has 3 spiro atoms. The average Bonchev–Trinajstić information content (AvgIpc) is 2.56. The Morgan fingerprint density at radius 3 is 2.50 bits per heavy atom. The number of cyclic esters (lactones) is 1. The smallest absolute Gasteiger partial charge is 0.309 e. The number of hydrogen-bond acceptors (Lipinski definition) is 2. The Labute approximate surface area is 95.7 Å². The molecule has 0 aromatic heterocycles. The van der Waals surface area contributed by atoms with E-state index in [0.29, 0.717) is 22.2 Å². The summed E-state index contributed by atoms with van der Waals surface area (Å²) in [4.78, 5) is 11.9. The van der Waals surface area contributed by atoms with Gasteiger partial charge < -0.3 is 4.74 Å². The summed E-state index contributed by atoms with van der Waals surface area (Å²) in [5.41, 5.74) is 1.47. The minimum Gasteiger partial charge on any atom is -0.465 e. The highest BCUT2D eigenvalue weighted by Gasteiger charge is 2.94. The third-order valence-electron chi connectivity index (χ3n) is 7.18. The molecule has 6 fully saturated rings. The topological polar surface area (TPSA) is 26.3 Å². The summed E-state index contributed by atoms with van der Waals surface area (Å²) < 4.78 is 5.48. The molecule has 2 nitrogen and oxygen atoms in total. The van der Waals surface area contributed by atoms with Gasteiger partial charge in [-0.05, 0) is 48.9 Å². The number of ether oxygens (including phenoxy) is 1. The molecule has 1 saturated heterocycles. The van der Waals surface area contributed by atoms with Crippen LogP contribution in [0.1, 0.15) is 44.9 Å². The molecule has 0 aromatic rings. The highest BCUT2D eigenvalue weighted by molar-refractivity contribution is 5.79. The van der Waals surface area contributed by atoms with E-state index in [9.17, 15) is 4.79 Å². The molecule has 1 heterocycles. The van der Waals surface area contributed by atoms with Gasteiger partial charge in [0, 0.05) is 5.41 Å². The lowest BCUT2D eigenvalue weighted by molar-refractivity contribution is -0.142. The van der Waals surface area contributed by atoms with Crippen molar-refractivity contribution in [1.29, 1.82) is 0 Å². The third-order valence-corrected chi connectivity index (χ3v) is 7.18. The van der Waals surface area contributed by atoms with Crippen LogP contribution in [0.2, 0.25) is 0 Å². The number of carbonyl (C=O) groups excluding carboxylic acids is 1. The molecule has 6 rings (SSSR count). The van der Waals surface area contributed by atoms with Crippen molar-refractivity contribution in [3.8, 4) is 0 Å². The molecular weight excluding hydrogens is 200 g/mol. The first-order valence-electron chi connectivity index (χ1n) is 6.93. The molecule has 2 heteroatoms. The summed E-state index contributed by atoms with van der Waals surface area (Å²) in [6, 6.07) is 0. The Kier molecular flexibility index (Phi) is 1.11. The summed E-state index contributed by atoms with van der Waals surface area (Å²) in [5.74, 6) is 1.31. The van der Waals surface area contributed by atoms with Crippen LogP contribution in [0.25, 0.3) is 0 Å². The number of carbonyl (C=O) groups is 1. The molecule has 5 aliphatic carbocycles. The van der Waals surface area contributed by atoms with Crippen molar-refractivity contribution in [1.82, 2.24) is 0 Å². The van der Waals surface area contributed by atoms with Crippen LogP contribution in [0.3, 0.4) is 0 Å². The monoisotopic (exact) mass is 218 g/mol. The van der Waals surface area contributed by atoms with Gasteiger partial charge in [-0.2, -0.15) is 0 Å². The van der Waals surface area contributed by atoms with Crippen molar-refractivity contribution in [3.05, 3.63) is 0 Å². The van der Waals surface area contributed by atoms with Gasteiger partial charge in [0.05, 0.1) is 12.5 Å². The standard InChI is InChI=1S/C14H18O2/c15-11-10-5-9-6-12-3-1-2-4-13(12,7-9)14(10,12)8-16-11/h9-10H,1-8H2/t9?,10?,12-,13+,14?. The Morgan fingerprint density at radius 2 is 1.81 bits per heavy atom. The molecule has 16 heavy (non-hydrogen) atoms. The zero-order valence-corrected chi connectivity index (χ0v) is 9.63. The van der Waals surface area contributed by atoms with E-state index < -0.39 is 0 Å². The van der Waals surface area contributed by atoms with E-state index in [1.807, 2.05) is 0 Å². The van der Waals surface area contributed by atoms with E-state index in [2.05, 4.69) is 0 Å². The molecule has 5 saturated carbocycles. The van der Waals surface area contributed by atoms with E-state index in [0.717, 1.165) is 18.9 Å². The van der Waals surface area contributed by atoms with E-state index in [1.54, 1.807) is 0 Å². The number of rotatable bonds is 0. The predicted octanol–water partition coefficient (Wildman–Crippen LogP) is 2.52. The maximum atomic E-state index is 11.9. The van der Waals surface area contributed by atoms with E-state index in [4.69, 9.17) is 4.74 Å². The SMILES string of the molecule is O=C1OCC23C1CC1C[C@@]24CCCC[C@@]34C1.